The van der Waals surface area contributed by atoms with E-state index in [1.54, 1.807) is 15.9 Å². The lowest BCUT2D eigenvalue weighted by molar-refractivity contribution is -0.159. The Balaban J connectivity index is 1.62. The Hall–Kier alpha value is -2.27. The predicted octanol–water partition coefficient (Wildman–Crippen LogP) is 0.990. The number of fused-ring (bicyclic) bond motifs is 1. The van der Waals surface area contributed by atoms with E-state index in [0.29, 0.717) is 65.1 Å². The molecule has 4 heterocycles. The van der Waals surface area contributed by atoms with Crippen molar-refractivity contribution in [2.75, 3.05) is 65.7 Å². The van der Waals surface area contributed by atoms with E-state index in [2.05, 4.69) is 18.1 Å². The maximum atomic E-state index is 14.3. The Morgan fingerprint density at radius 1 is 1.16 bits per heavy atom. The van der Waals surface area contributed by atoms with Crippen molar-refractivity contribution < 1.29 is 33.7 Å². The maximum absolute atomic E-state index is 14.3. The number of ether oxygens (including phenoxy) is 3. The van der Waals surface area contributed by atoms with Crippen LogP contribution in [0.5, 0.6) is 0 Å². The number of unbranched alkanes of at least 4 members (excludes halogenated alkanes) is 2. The second kappa shape index (κ2) is 12.3. The quantitative estimate of drug-likeness (QED) is 0.200. The summed E-state index contributed by atoms with van der Waals surface area (Å²) < 4.78 is 17.5. The average Bonchev–Trinajstić information content (AvgIpc) is 3.48. The van der Waals surface area contributed by atoms with Crippen molar-refractivity contribution in [2.45, 2.75) is 56.3 Å². The van der Waals surface area contributed by atoms with E-state index in [1.807, 2.05) is 6.92 Å². The van der Waals surface area contributed by atoms with E-state index in [0.717, 1.165) is 19.5 Å². The molecule has 2 unspecified atom stereocenters. The fourth-order valence-corrected chi connectivity index (χ4v) is 6.81. The molecule has 0 aliphatic carbocycles. The summed E-state index contributed by atoms with van der Waals surface area (Å²) in [6, 6.07) is -0.821. The molecule has 2 amide bonds. The van der Waals surface area contributed by atoms with Crippen molar-refractivity contribution in [3.05, 3.63) is 25.3 Å². The van der Waals surface area contributed by atoms with Crippen molar-refractivity contribution in [2.24, 2.45) is 11.8 Å². The third kappa shape index (κ3) is 5.28. The first kappa shape index (κ1) is 28.7. The van der Waals surface area contributed by atoms with E-state index in [4.69, 9.17) is 14.2 Å². The minimum absolute atomic E-state index is 0.0568. The summed E-state index contributed by atoms with van der Waals surface area (Å²) in [5.41, 5.74) is -1.94. The second-order valence-corrected chi connectivity index (χ2v) is 11.0. The highest BCUT2D eigenvalue weighted by Crippen LogP contribution is 2.63. The van der Waals surface area contributed by atoms with E-state index >= 15 is 0 Å². The Kier molecular flexibility index (Phi) is 9.28. The number of carbonyl (C=O) groups excluding carboxylic acids is 3. The standard InChI is InChI=1S/C28H43N3O7/c1-4-11-30(14-13-29-15-19-36-20-16-29)25(34)23-28-10-9-27(3,38-28)22(26(35)37-18-5-2)21(28)24(33)31(23)12-7-6-8-17-32/h4-5,21-23,32H,1-2,6-20H2,3H3/t21-,22-,23?,27+,28?/m0/s1. The number of amides is 2. The first-order chi connectivity index (χ1) is 18.3. The van der Waals surface area contributed by atoms with Crippen LogP contribution in [0.2, 0.25) is 0 Å². The predicted molar refractivity (Wildman–Crippen MR) is 140 cm³/mol. The van der Waals surface area contributed by atoms with Gasteiger partial charge in [0, 0.05) is 45.9 Å². The number of carbonyl (C=O) groups is 3. The van der Waals surface area contributed by atoms with Gasteiger partial charge in [-0.3, -0.25) is 19.3 Å². The first-order valence-corrected chi connectivity index (χ1v) is 13.9. The van der Waals surface area contributed by atoms with Gasteiger partial charge in [-0.1, -0.05) is 18.7 Å². The highest BCUT2D eigenvalue weighted by Gasteiger charge is 2.78. The zero-order valence-electron chi connectivity index (χ0n) is 22.6. The molecule has 0 aromatic heterocycles. The number of hydrogen-bond donors (Lipinski definition) is 1. The van der Waals surface area contributed by atoms with Crippen LogP contribution in [0, 0.1) is 11.8 Å². The van der Waals surface area contributed by atoms with Gasteiger partial charge in [0.2, 0.25) is 11.8 Å². The Labute approximate surface area is 225 Å². The van der Waals surface area contributed by atoms with Gasteiger partial charge < -0.3 is 29.1 Å². The highest BCUT2D eigenvalue weighted by atomic mass is 16.6. The van der Waals surface area contributed by atoms with Crippen LogP contribution in [0.15, 0.2) is 25.3 Å². The lowest BCUT2D eigenvalue weighted by Gasteiger charge is -2.37. The van der Waals surface area contributed by atoms with Gasteiger partial charge in [0.25, 0.3) is 0 Å². The largest absolute Gasteiger partial charge is 0.461 e. The molecule has 1 spiro atoms. The number of nitrogens with zero attached hydrogens (tertiary/aromatic N) is 3. The average molecular weight is 534 g/mol. The second-order valence-electron chi connectivity index (χ2n) is 11.0. The fraction of sp³-hybridized carbons (Fsp3) is 0.750. The van der Waals surface area contributed by atoms with E-state index in [-0.39, 0.29) is 25.0 Å². The molecule has 0 radical (unpaired) electrons. The number of esters is 1. The topological polar surface area (TPSA) is 109 Å². The van der Waals surface area contributed by atoms with Crippen molar-refractivity contribution >= 4 is 17.8 Å². The van der Waals surface area contributed by atoms with Crippen LogP contribution >= 0.6 is 0 Å². The van der Waals surface area contributed by atoms with Gasteiger partial charge >= 0.3 is 5.97 Å². The monoisotopic (exact) mass is 533 g/mol. The van der Waals surface area contributed by atoms with Gasteiger partial charge in [0.15, 0.2) is 0 Å². The molecule has 4 aliphatic heterocycles. The molecule has 0 aromatic carbocycles. The molecule has 0 saturated carbocycles. The molecule has 0 aromatic rings. The van der Waals surface area contributed by atoms with Crippen LogP contribution in [-0.4, -0.2) is 121 Å². The lowest BCUT2D eigenvalue weighted by Crippen LogP contribution is -2.57. The van der Waals surface area contributed by atoms with Gasteiger partial charge in [-0.05, 0) is 39.0 Å². The molecule has 38 heavy (non-hydrogen) atoms. The SMILES string of the molecule is C=CCOC(=O)[C@@H]1[C@H]2C(=O)N(CCCCCO)C(C(=O)N(CC=C)CCN3CCOCC3)C23CC[C@@]1(C)O3. The summed E-state index contributed by atoms with van der Waals surface area (Å²) in [7, 11) is 0. The van der Waals surface area contributed by atoms with Crippen LogP contribution in [0.25, 0.3) is 0 Å². The first-order valence-electron chi connectivity index (χ1n) is 13.9. The third-order valence-corrected chi connectivity index (χ3v) is 8.62. The van der Waals surface area contributed by atoms with Crippen molar-refractivity contribution in [3.8, 4) is 0 Å². The summed E-state index contributed by atoms with van der Waals surface area (Å²) >= 11 is 0. The normalized spacial score (nSPS) is 32.3. The minimum Gasteiger partial charge on any atom is -0.461 e. The molecule has 212 valence electrons. The number of hydrogen-bond acceptors (Lipinski definition) is 8. The number of rotatable bonds is 14. The Morgan fingerprint density at radius 2 is 1.92 bits per heavy atom. The molecule has 4 aliphatic rings. The third-order valence-electron chi connectivity index (χ3n) is 8.62. The molecule has 5 atom stereocenters. The van der Waals surface area contributed by atoms with Gasteiger partial charge in [-0.2, -0.15) is 0 Å². The van der Waals surface area contributed by atoms with Gasteiger partial charge in [0.1, 0.15) is 24.2 Å². The van der Waals surface area contributed by atoms with Gasteiger partial charge in [-0.15, -0.1) is 6.58 Å². The summed E-state index contributed by atoms with van der Waals surface area (Å²) in [6.07, 6.45) is 6.32. The van der Waals surface area contributed by atoms with Crippen LogP contribution in [0.4, 0.5) is 0 Å². The smallest absolute Gasteiger partial charge is 0.313 e. The molecule has 1 N–H and O–H groups in total. The van der Waals surface area contributed by atoms with Crippen LogP contribution in [0.1, 0.15) is 39.0 Å². The van der Waals surface area contributed by atoms with Crippen molar-refractivity contribution in [1.29, 1.82) is 0 Å². The summed E-state index contributed by atoms with van der Waals surface area (Å²) in [6.45, 7) is 14.4. The lowest BCUT2D eigenvalue weighted by atomic mass is 9.66. The van der Waals surface area contributed by atoms with Crippen LogP contribution in [0.3, 0.4) is 0 Å². The fourth-order valence-electron chi connectivity index (χ4n) is 6.81. The number of morpholine rings is 1. The number of aliphatic hydroxyl groups is 1. The number of aliphatic hydroxyl groups excluding tert-OH is 1. The molecular weight excluding hydrogens is 490 g/mol. The molecule has 10 nitrogen and oxygen atoms in total. The van der Waals surface area contributed by atoms with Crippen molar-refractivity contribution in [3.63, 3.8) is 0 Å². The van der Waals surface area contributed by atoms with E-state index in [1.165, 1.54) is 6.08 Å². The molecule has 10 heteroatoms. The zero-order chi connectivity index (χ0) is 27.3. The van der Waals surface area contributed by atoms with E-state index < -0.39 is 35.0 Å². The minimum atomic E-state index is -1.07. The van der Waals surface area contributed by atoms with Gasteiger partial charge in [-0.25, -0.2) is 0 Å². The summed E-state index contributed by atoms with van der Waals surface area (Å²) in [4.78, 5) is 47.2. The molecule has 4 rings (SSSR count). The molecule has 2 bridgehead atoms. The number of likely N-dealkylation sites (tertiary alicyclic amines) is 1. The highest BCUT2D eigenvalue weighted by molar-refractivity contribution is 5.98. The molecule has 4 saturated heterocycles. The van der Waals surface area contributed by atoms with Crippen LogP contribution in [-0.2, 0) is 28.6 Å². The Morgan fingerprint density at radius 3 is 2.61 bits per heavy atom. The summed E-state index contributed by atoms with van der Waals surface area (Å²) in [5, 5.41) is 9.22. The van der Waals surface area contributed by atoms with Gasteiger partial charge in [0.05, 0.1) is 24.7 Å². The Bertz CT molecular complexity index is 907. The van der Waals surface area contributed by atoms with E-state index in [9.17, 15) is 19.5 Å². The maximum Gasteiger partial charge on any atom is 0.313 e. The van der Waals surface area contributed by atoms with Crippen LogP contribution < -0.4 is 0 Å². The van der Waals surface area contributed by atoms with Crippen molar-refractivity contribution in [1.82, 2.24) is 14.7 Å². The summed E-state index contributed by atoms with van der Waals surface area (Å²) in [5.74, 6) is -2.41. The molecule has 4 fully saturated rings. The molecular formula is C28H43N3O7. The zero-order valence-corrected chi connectivity index (χ0v) is 22.6.